The first-order chi connectivity index (χ1) is 10.2. The predicted molar refractivity (Wildman–Crippen MR) is 75.2 cm³/mol. The van der Waals surface area contributed by atoms with E-state index in [1.54, 1.807) is 19.2 Å². The molecule has 0 fully saturated rings. The Balaban J connectivity index is 1.91. The van der Waals surface area contributed by atoms with E-state index in [-0.39, 0.29) is 12.5 Å². The van der Waals surface area contributed by atoms with Crippen LogP contribution < -0.4 is 11.1 Å². The number of nitrogens with two attached hydrogens (primary N) is 1. The summed E-state index contributed by atoms with van der Waals surface area (Å²) in [7, 11) is 0. The molecule has 0 atom stereocenters. The second kappa shape index (κ2) is 7.17. The van der Waals surface area contributed by atoms with E-state index in [4.69, 9.17) is 10.3 Å². The van der Waals surface area contributed by atoms with Gasteiger partial charge in [0.1, 0.15) is 0 Å². The van der Waals surface area contributed by atoms with E-state index in [0.29, 0.717) is 35.8 Å². The Morgan fingerprint density at radius 2 is 2.33 bits per heavy atom. The number of aryl methyl sites for hydroxylation is 1. The maximum absolute atomic E-state index is 12.0. The van der Waals surface area contributed by atoms with E-state index >= 15 is 0 Å². The Morgan fingerprint density at radius 3 is 3.05 bits per heavy atom. The number of rotatable bonds is 4. The smallest absolute Gasteiger partial charge is 0.252 e. The fourth-order valence-corrected chi connectivity index (χ4v) is 1.61. The van der Waals surface area contributed by atoms with Crippen LogP contribution in [0, 0.1) is 18.8 Å². The first-order valence-corrected chi connectivity index (χ1v) is 6.40. The Labute approximate surface area is 121 Å². The molecule has 2 aromatic rings. The second-order valence-corrected chi connectivity index (χ2v) is 4.21. The van der Waals surface area contributed by atoms with Crippen LogP contribution in [0.5, 0.6) is 0 Å². The van der Waals surface area contributed by atoms with Crippen LogP contribution in [0.15, 0.2) is 23.0 Å². The number of nitrogens with one attached hydrogen (secondary N) is 1. The van der Waals surface area contributed by atoms with Gasteiger partial charge >= 0.3 is 0 Å². The van der Waals surface area contributed by atoms with Gasteiger partial charge in [-0.05, 0) is 13.0 Å². The lowest BCUT2D eigenvalue weighted by molar-refractivity contribution is 0.0953. The highest BCUT2D eigenvalue weighted by Crippen LogP contribution is 2.02. The van der Waals surface area contributed by atoms with E-state index in [0.717, 1.165) is 0 Å². The van der Waals surface area contributed by atoms with Crippen LogP contribution in [0.4, 0.5) is 0 Å². The van der Waals surface area contributed by atoms with Gasteiger partial charge in [0.25, 0.3) is 5.91 Å². The highest BCUT2D eigenvalue weighted by Gasteiger charge is 2.07. The van der Waals surface area contributed by atoms with Crippen molar-refractivity contribution in [3.05, 3.63) is 41.3 Å². The van der Waals surface area contributed by atoms with Gasteiger partial charge in [0, 0.05) is 30.9 Å². The van der Waals surface area contributed by atoms with Crippen molar-refractivity contribution in [3.8, 4) is 11.8 Å². The number of aromatic nitrogens is 3. The van der Waals surface area contributed by atoms with Crippen molar-refractivity contribution in [2.45, 2.75) is 13.3 Å². The molecule has 0 bridgehead atoms. The fraction of sp³-hybridized carbons (Fsp3) is 0.286. The molecular weight excluding hydrogens is 270 g/mol. The van der Waals surface area contributed by atoms with Crippen LogP contribution in [-0.2, 0) is 6.42 Å². The summed E-state index contributed by atoms with van der Waals surface area (Å²) in [4.78, 5) is 20.0. The maximum Gasteiger partial charge on any atom is 0.252 e. The highest BCUT2D eigenvalue weighted by atomic mass is 16.5. The first kappa shape index (κ1) is 14.7. The third-order valence-electron chi connectivity index (χ3n) is 2.53. The van der Waals surface area contributed by atoms with Crippen molar-refractivity contribution in [3.63, 3.8) is 0 Å². The number of pyridine rings is 1. The summed E-state index contributed by atoms with van der Waals surface area (Å²) in [5.74, 6) is 6.39. The van der Waals surface area contributed by atoms with Gasteiger partial charge in [0.15, 0.2) is 5.82 Å². The molecule has 0 aromatic carbocycles. The predicted octanol–water partition coefficient (Wildman–Crippen LogP) is 0.0557. The summed E-state index contributed by atoms with van der Waals surface area (Å²) in [6.07, 6.45) is 3.55. The van der Waals surface area contributed by atoms with E-state index in [1.165, 1.54) is 6.20 Å². The molecule has 3 N–H and O–H groups in total. The molecule has 2 heterocycles. The first-order valence-electron chi connectivity index (χ1n) is 6.40. The molecule has 21 heavy (non-hydrogen) atoms. The van der Waals surface area contributed by atoms with Gasteiger partial charge in [-0.15, -0.1) is 0 Å². The lowest BCUT2D eigenvalue weighted by atomic mass is 10.2. The molecule has 1 amide bonds. The minimum atomic E-state index is -0.227. The quantitative estimate of drug-likeness (QED) is 0.769. The molecule has 2 aromatic heterocycles. The number of carbonyl (C=O) groups excluding carboxylic acids is 1. The molecule has 0 aliphatic rings. The van der Waals surface area contributed by atoms with E-state index in [9.17, 15) is 4.79 Å². The van der Waals surface area contributed by atoms with Crippen molar-refractivity contribution in [1.82, 2.24) is 20.4 Å². The molecule has 7 nitrogen and oxygen atoms in total. The number of carbonyl (C=O) groups is 1. The zero-order valence-electron chi connectivity index (χ0n) is 11.6. The van der Waals surface area contributed by atoms with Crippen LogP contribution in [0.1, 0.15) is 27.6 Å². The average molecular weight is 285 g/mol. The number of hydrogen-bond acceptors (Lipinski definition) is 6. The third-order valence-corrected chi connectivity index (χ3v) is 2.53. The molecular formula is C14H15N5O2. The molecule has 0 aliphatic carbocycles. The Morgan fingerprint density at radius 1 is 1.48 bits per heavy atom. The molecule has 108 valence electrons. The lowest BCUT2D eigenvalue weighted by Gasteiger charge is -2.03. The van der Waals surface area contributed by atoms with Gasteiger partial charge in [0.05, 0.1) is 12.1 Å². The van der Waals surface area contributed by atoms with Gasteiger partial charge < -0.3 is 15.6 Å². The lowest BCUT2D eigenvalue weighted by Crippen LogP contribution is -2.26. The molecule has 0 aliphatic heterocycles. The number of amides is 1. The minimum absolute atomic E-state index is 0.227. The van der Waals surface area contributed by atoms with Crippen LogP contribution >= 0.6 is 0 Å². The summed E-state index contributed by atoms with van der Waals surface area (Å²) in [5.41, 5.74) is 6.40. The molecule has 2 rings (SSSR count). The van der Waals surface area contributed by atoms with E-state index in [1.807, 2.05) is 0 Å². The molecule has 0 radical (unpaired) electrons. The maximum atomic E-state index is 12.0. The zero-order chi connectivity index (χ0) is 15.1. The third kappa shape index (κ3) is 4.40. The Kier molecular flexibility index (Phi) is 5.01. The normalized spacial score (nSPS) is 9.81. The second-order valence-electron chi connectivity index (χ2n) is 4.21. The molecule has 0 unspecified atom stereocenters. The van der Waals surface area contributed by atoms with Crippen molar-refractivity contribution in [2.24, 2.45) is 5.73 Å². The fourth-order valence-electron chi connectivity index (χ4n) is 1.61. The summed E-state index contributed by atoms with van der Waals surface area (Å²) < 4.78 is 4.96. The van der Waals surface area contributed by atoms with Crippen molar-refractivity contribution in [2.75, 3.05) is 13.1 Å². The van der Waals surface area contributed by atoms with E-state index < -0.39 is 0 Å². The van der Waals surface area contributed by atoms with Gasteiger partial charge in [-0.3, -0.25) is 9.78 Å². The van der Waals surface area contributed by atoms with Crippen LogP contribution in [0.3, 0.4) is 0 Å². The topological polar surface area (TPSA) is 107 Å². The summed E-state index contributed by atoms with van der Waals surface area (Å²) >= 11 is 0. The summed E-state index contributed by atoms with van der Waals surface area (Å²) in [5, 5.41) is 6.44. The van der Waals surface area contributed by atoms with Gasteiger partial charge in [0.2, 0.25) is 5.89 Å². The van der Waals surface area contributed by atoms with Gasteiger partial charge in [-0.1, -0.05) is 17.0 Å². The molecule has 0 saturated heterocycles. The highest BCUT2D eigenvalue weighted by molar-refractivity contribution is 5.94. The standard InChI is InChI=1S/C14H15N5O2/c1-10-18-13(21-19-10)4-6-17-14(20)12-7-11(3-2-5-15)8-16-9-12/h7-9H,4-6,15H2,1H3,(H,17,20). The van der Waals surface area contributed by atoms with Crippen LogP contribution in [-0.4, -0.2) is 34.1 Å². The van der Waals surface area contributed by atoms with Crippen molar-refractivity contribution in [1.29, 1.82) is 0 Å². The minimum Gasteiger partial charge on any atom is -0.351 e. The summed E-state index contributed by atoms with van der Waals surface area (Å²) in [6, 6.07) is 1.67. The molecule has 0 spiro atoms. The van der Waals surface area contributed by atoms with Crippen molar-refractivity contribution >= 4 is 5.91 Å². The van der Waals surface area contributed by atoms with Crippen LogP contribution in [0.2, 0.25) is 0 Å². The zero-order valence-corrected chi connectivity index (χ0v) is 11.6. The largest absolute Gasteiger partial charge is 0.351 e. The van der Waals surface area contributed by atoms with Crippen LogP contribution in [0.25, 0.3) is 0 Å². The Hall–Kier alpha value is -2.72. The monoisotopic (exact) mass is 285 g/mol. The number of hydrogen-bond donors (Lipinski definition) is 2. The van der Waals surface area contributed by atoms with Gasteiger partial charge in [-0.2, -0.15) is 4.98 Å². The van der Waals surface area contributed by atoms with Crippen molar-refractivity contribution < 1.29 is 9.32 Å². The SMILES string of the molecule is Cc1noc(CCNC(=O)c2cncc(C#CCN)c2)n1. The van der Waals surface area contributed by atoms with Gasteiger partial charge in [-0.25, -0.2) is 0 Å². The molecule has 0 saturated carbocycles. The Bertz CT molecular complexity index is 684. The molecule has 7 heteroatoms. The summed E-state index contributed by atoms with van der Waals surface area (Å²) in [6.45, 7) is 2.41. The van der Waals surface area contributed by atoms with E-state index in [2.05, 4.69) is 32.3 Å². The number of nitrogens with zero attached hydrogens (tertiary/aromatic N) is 3. The average Bonchev–Trinajstić information content (AvgIpc) is 2.91.